The monoisotopic (exact) mass is 204 g/mol. The van der Waals surface area contributed by atoms with Crippen molar-refractivity contribution in [2.45, 2.75) is 6.92 Å². The zero-order valence-electron chi connectivity index (χ0n) is 8.63. The summed E-state index contributed by atoms with van der Waals surface area (Å²) in [7, 11) is 1.57. The summed E-state index contributed by atoms with van der Waals surface area (Å²) in [6.45, 7) is 1.88. The lowest BCUT2D eigenvalue weighted by Gasteiger charge is -2.03. The first kappa shape index (κ1) is 9.58. The molecule has 2 amide bonds. The van der Waals surface area contributed by atoms with Crippen LogP contribution in [0.3, 0.4) is 0 Å². The number of nitrogens with one attached hydrogen (secondary N) is 2. The topological polar surface area (TPSA) is 54.3 Å². The van der Waals surface area contributed by atoms with E-state index in [0.717, 1.165) is 11.1 Å². The number of urea groups is 1. The lowest BCUT2D eigenvalue weighted by Crippen LogP contribution is -2.24. The van der Waals surface area contributed by atoms with Crippen LogP contribution in [0.15, 0.2) is 28.7 Å². The summed E-state index contributed by atoms with van der Waals surface area (Å²) in [4.78, 5) is 11.2. The maximum Gasteiger partial charge on any atom is 0.319 e. The molecule has 0 fully saturated rings. The molecule has 0 radical (unpaired) electrons. The summed E-state index contributed by atoms with van der Waals surface area (Å²) in [6, 6.07) is 7.31. The van der Waals surface area contributed by atoms with Gasteiger partial charge < -0.3 is 15.1 Å². The third-order valence-electron chi connectivity index (χ3n) is 2.14. The molecule has 0 aliphatic carbocycles. The van der Waals surface area contributed by atoms with E-state index in [0.29, 0.717) is 11.3 Å². The average molecular weight is 204 g/mol. The van der Waals surface area contributed by atoms with Crippen molar-refractivity contribution < 1.29 is 9.21 Å². The largest absolute Gasteiger partial charge is 0.459 e. The fraction of sp³-hybridized carbons (Fsp3) is 0.182. The minimum Gasteiger partial charge on any atom is -0.459 e. The van der Waals surface area contributed by atoms with Crippen LogP contribution in [-0.2, 0) is 0 Å². The van der Waals surface area contributed by atoms with Gasteiger partial charge in [0.1, 0.15) is 5.76 Å². The second-order valence-electron chi connectivity index (χ2n) is 3.29. The smallest absolute Gasteiger partial charge is 0.319 e. The zero-order chi connectivity index (χ0) is 10.8. The van der Waals surface area contributed by atoms with Gasteiger partial charge in [0.05, 0.1) is 5.69 Å². The van der Waals surface area contributed by atoms with Crippen molar-refractivity contribution in [3.05, 3.63) is 30.0 Å². The molecule has 0 saturated carbocycles. The SMILES string of the molecule is CNC(=O)Nc1cccc2cc(C)oc12. The Morgan fingerprint density at radius 1 is 1.40 bits per heavy atom. The highest BCUT2D eigenvalue weighted by Crippen LogP contribution is 2.26. The molecule has 0 aliphatic rings. The molecule has 4 heteroatoms. The summed E-state index contributed by atoms with van der Waals surface area (Å²) in [5.74, 6) is 0.830. The highest BCUT2D eigenvalue weighted by molar-refractivity contribution is 5.98. The summed E-state index contributed by atoms with van der Waals surface area (Å²) in [6.07, 6.45) is 0. The fourth-order valence-electron chi connectivity index (χ4n) is 1.48. The van der Waals surface area contributed by atoms with Gasteiger partial charge in [-0.3, -0.25) is 0 Å². The number of hydrogen-bond acceptors (Lipinski definition) is 2. The zero-order valence-corrected chi connectivity index (χ0v) is 8.63. The van der Waals surface area contributed by atoms with Crippen molar-refractivity contribution in [3.8, 4) is 0 Å². The van der Waals surface area contributed by atoms with Crippen LogP contribution in [0.25, 0.3) is 11.0 Å². The number of amides is 2. The summed E-state index contributed by atoms with van der Waals surface area (Å²) < 4.78 is 5.50. The van der Waals surface area contributed by atoms with Gasteiger partial charge in [0, 0.05) is 12.4 Å². The molecule has 2 rings (SSSR count). The quantitative estimate of drug-likeness (QED) is 0.749. The van der Waals surface area contributed by atoms with Crippen LogP contribution < -0.4 is 10.6 Å². The Morgan fingerprint density at radius 2 is 2.20 bits per heavy atom. The summed E-state index contributed by atoms with van der Waals surface area (Å²) in [5.41, 5.74) is 1.39. The summed E-state index contributed by atoms with van der Waals surface area (Å²) >= 11 is 0. The first-order chi connectivity index (χ1) is 7.20. The highest BCUT2D eigenvalue weighted by Gasteiger charge is 2.07. The molecule has 15 heavy (non-hydrogen) atoms. The van der Waals surface area contributed by atoms with E-state index in [9.17, 15) is 4.79 Å². The third-order valence-corrected chi connectivity index (χ3v) is 2.14. The molecule has 0 saturated heterocycles. The Labute approximate surface area is 87.3 Å². The van der Waals surface area contributed by atoms with Gasteiger partial charge in [-0.05, 0) is 19.1 Å². The number of benzene rings is 1. The van der Waals surface area contributed by atoms with Gasteiger partial charge in [-0.15, -0.1) is 0 Å². The molecule has 2 aromatic rings. The van der Waals surface area contributed by atoms with Crippen LogP contribution in [0, 0.1) is 6.92 Å². The first-order valence-electron chi connectivity index (χ1n) is 4.68. The van der Waals surface area contributed by atoms with E-state index < -0.39 is 0 Å². The number of anilines is 1. The van der Waals surface area contributed by atoms with E-state index in [-0.39, 0.29) is 6.03 Å². The van der Waals surface area contributed by atoms with Crippen LogP contribution in [0.5, 0.6) is 0 Å². The fourth-order valence-corrected chi connectivity index (χ4v) is 1.48. The van der Waals surface area contributed by atoms with E-state index in [1.54, 1.807) is 13.1 Å². The molecule has 0 atom stereocenters. The van der Waals surface area contributed by atoms with Crippen LogP contribution in [-0.4, -0.2) is 13.1 Å². The van der Waals surface area contributed by atoms with Crippen molar-refractivity contribution >= 4 is 22.7 Å². The van der Waals surface area contributed by atoms with Crippen molar-refractivity contribution in [1.29, 1.82) is 0 Å². The van der Waals surface area contributed by atoms with Crippen molar-refractivity contribution in [2.24, 2.45) is 0 Å². The second-order valence-corrected chi connectivity index (χ2v) is 3.29. The van der Waals surface area contributed by atoms with Gasteiger partial charge in [0.25, 0.3) is 0 Å². The van der Waals surface area contributed by atoms with Gasteiger partial charge in [-0.25, -0.2) is 4.79 Å². The van der Waals surface area contributed by atoms with E-state index in [1.165, 1.54) is 0 Å². The maximum absolute atomic E-state index is 11.2. The van der Waals surface area contributed by atoms with Crippen LogP contribution in [0.1, 0.15) is 5.76 Å². The van der Waals surface area contributed by atoms with Crippen molar-refractivity contribution in [1.82, 2.24) is 5.32 Å². The molecule has 4 nitrogen and oxygen atoms in total. The van der Waals surface area contributed by atoms with Gasteiger partial charge in [0.2, 0.25) is 0 Å². The number of hydrogen-bond donors (Lipinski definition) is 2. The molecule has 2 N–H and O–H groups in total. The number of para-hydroxylation sites is 1. The minimum absolute atomic E-state index is 0.253. The lowest BCUT2D eigenvalue weighted by atomic mass is 10.2. The van der Waals surface area contributed by atoms with E-state index >= 15 is 0 Å². The van der Waals surface area contributed by atoms with Gasteiger partial charge in [-0.2, -0.15) is 0 Å². The van der Waals surface area contributed by atoms with Crippen molar-refractivity contribution in [3.63, 3.8) is 0 Å². The normalized spacial score (nSPS) is 10.3. The number of carbonyl (C=O) groups is 1. The molecular formula is C11H12N2O2. The van der Waals surface area contributed by atoms with Gasteiger partial charge in [0.15, 0.2) is 5.58 Å². The molecule has 0 spiro atoms. The van der Waals surface area contributed by atoms with Gasteiger partial charge in [-0.1, -0.05) is 12.1 Å². The average Bonchev–Trinajstić information content (AvgIpc) is 2.59. The summed E-state index contributed by atoms with van der Waals surface area (Å²) in [5, 5.41) is 6.18. The van der Waals surface area contributed by atoms with Crippen LogP contribution in [0.4, 0.5) is 10.5 Å². The highest BCUT2D eigenvalue weighted by atomic mass is 16.3. The van der Waals surface area contributed by atoms with Crippen LogP contribution >= 0.6 is 0 Å². The molecule has 0 aliphatic heterocycles. The maximum atomic E-state index is 11.2. The molecule has 1 aromatic carbocycles. The number of fused-ring (bicyclic) bond motifs is 1. The predicted octanol–water partition coefficient (Wildman–Crippen LogP) is 2.49. The Bertz CT molecular complexity index is 502. The van der Waals surface area contributed by atoms with E-state index in [4.69, 9.17) is 4.42 Å². The Kier molecular flexibility index (Phi) is 2.33. The Morgan fingerprint density at radius 3 is 2.93 bits per heavy atom. The molecular weight excluding hydrogens is 192 g/mol. The minimum atomic E-state index is -0.253. The van der Waals surface area contributed by atoms with E-state index in [1.807, 2.05) is 25.1 Å². The molecule has 0 unspecified atom stereocenters. The number of aryl methyl sites for hydroxylation is 1. The third kappa shape index (κ3) is 1.79. The number of rotatable bonds is 1. The Balaban J connectivity index is 2.46. The number of furan rings is 1. The molecule has 1 aromatic heterocycles. The first-order valence-corrected chi connectivity index (χ1v) is 4.68. The second kappa shape index (κ2) is 3.65. The molecule has 1 heterocycles. The number of carbonyl (C=O) groups excluding carboxylic acids is 1. The molecule has 78 valence electrons. The predicted molar refractivity (Wildman–Crippen MR) is 59.0 cm³/mol. The van der Waals surface area contributed by atoms with E-state index in [2.05, 4.69) is 10.6 Å². The Hall–Kier alpha value is -1.97. The lowest BCUT2D eigenvalue weighted by molar-refractivity contribution is 0.254. The van der Waals surface area contributed by atoms with Crippen molar-refractivity contribution in [2.75, 3.05) is 12.4 Å². The van der Waals surface area contributed by atoms with Gasteiger partial charge >= 0.3 is 6.03 Å². The standard InChI is InChI=1S/C11H12N2O2/c1-7-6-8-4-3-5-9(10(8)15-7)13-11(14)12-2/h3-6H,1-2H3,(H2,12,13,14). The van der Waals surface area contributed by atoms with Crippen LogP contribution in [0.2, 0.25) is 0 Å². The molecule has 0 bridgehead atoms.